The molecule has 0 bridgehead atoms. The number of aliphatic imine (C=N–C) groups is 1. The molecule has 2 N–H and O–H groups in total. The van der Waals surface area contributed by atoms with Gasteiger partial charge >= 0.3 is 0 Å². The standard InChI is InChI=1S/C14H20N4O/c1-3-10-19-13-6-4-12(5-7-13)11(2)17-18-14-15-8-9-16-14/h4-7H,3,8-10H2,1-2H3,(H2,15,16,18)/b17-11+. The second kappa shape index (κ2) is 6.78. The number of nitrogens with one attached hydrogen (secondary N) is 2. The predicted octanol–water partition coefficient (Wildman–Crippen LogP) is 1.75. The average Bonchev–Trinajstić information content (AvgIpc) is 2.96. The third-order valence-corrected chi connectivity index (χ3v) is 2.75. The first-order valence-electron chi connectivity index (χ1n) is 6.61. The van der Waals surface area contributed by atoms with Crippen LogP contribution in [-0.2, 0) is 0 Å². The van der Waals surface area contributed by atoms with E-state index in [9.17, 15) is 0 Å². The zero-order valence-corrected chi connectivity index (χ0v) is 11.4. The molecule has 1 aliphatic heterocycles. The van der Waals surface area contributed by atoms with Gasteiger partial charge in [0.15, 0.2) is 0 Å². The van der Waals surface area contributed by atoms with E-state index in [1.807, 2.05) is 31.2 Å². The molecule has 2 rings (SSSR count). The highest BCUT2D eigenvalue weighted by atomic mass is 16.5. The molecule has 0 spiro atoms. The summed E-state index contributed by atoms with van der Waals surface area (Å²) in [6, 6.07) is 7.95. The molecule has 1 aliphatic rings. The highest BCUT2D eigenvalue weighted by molar-refractivity contribution is 5.99. The number of ether oxygens (including phenoxy) is 1. The van der Waals surface area contributed by atoms with E-state index in [0.29, 0.717) is 0 Å². The van der Waals surface area contributed by atoms with Crippen molar-refractivity contribution >= 4 is 11.7 Å². The molecule has 0 aliphatic carbocycles. The second-order valence-corrected chi connectivity index (χ2v) is 4.34. The molecule has 0 amide bonds. The van der Waals surface area contributed by atoms with Gasteiger partial charge in [0.25, 0.3) is 0 Å². The van der Waals surface area contributed by atoms with Crippen LogP contribution in [-0.4, -0.2) is 31.4 Å². The molecular formula is C14H20N4O. The van der Waals surface area contributed by atoms with E-state index in [2.05, 4.69) is 27.8 Å². The Morgan fingerprint density at radius 3 is 2.84 bits per heavy atom. The van der Waals surface area contributed by atoms with E-state index < -0.39 is 0 Å². The van der Waals surface area contributed by atoms with Crippen molar-refractivity contribution in [3.05, 3.63) is 29.8 Å². The molecule has 0 unspecified atom stereocenters. The van der Waals surface area contributed by atoms with E-state index in [4.69, 9.17) is 4.74 Å². The van der Waals surface area contributed by atoms with Crippen LogP contribution in [0.15, 0.2) is 34.4 Å². The third-order valence-electron chi connectivity index (χ3n) is 2.75. The predicted molar refractivity (Wildman–Crippen MR) is 77.9 cm³/mol. The third kappa shape index (κ3) is 3.98. The van der Waals surface area contributed by atoms with Crippen LogP contribution in [0.1, 0.15) is 25.8 Å². The van der Waals surface area contributed by atoms with Gasteiger partial charge < -0.3 is 10.1 Å². The van der Waals surface area contributed by atoms with Crippen LogP contribution >= 0.6 is 0 Å². The van der Waals surface area contributed by atoms with Crippen molar-refractivity contribution in [3.8, 4) is 5.75 Å². The molecule has 0 atom stereocenters. The van der Waals surface area contributed by atoms with E-state index in [-0.39, 0.29) is 0 Å². The fraction of sp³-hybridized carbons (Fsp3) is 0.429. The molecule has 5 nitrogen and oxygen atoms in total. The maximum Gasteiger partial charge on any atom is 0.212 e. The molecule has 5 heteroatoms. The lowest BCUT2D eigenvalue weighted by Crippen LogP contribution is -2.30. The summed E-state index contributed by atoms with van der Waals surface area (Å²) in [4.78, 5) is 4.22. The van der Waals surface area contributed by atoms with Crippen LogP contribution in [0, 0.1) is 0 Å². The van der Waals surface area contributed by atoms with E-state index >= 15 is 0 Å². The van der Waals surface area contributed by atoms with Gasteiger partial charge in [-0.25, -0.2) is 10.4 Å². The molecule has 0 saturated carbocycles. The van der Waals surface area contributed by atoms with Crippen molar-refractivity contribution in [1.82, 2.24) is 10.7 Å². The van der Waals surface area contributed by atoms with Crippen LogP contribution in [0.5, 0.6) is 5.75 Å². The Morgan fingerprint density at radius 2 is 2.21 bits per heavy atom. The van der Waals surface area contributed by atoms with Gasteiger partial charge in [0.2, 0.25) is 5.96 Å². The number of guanidine groups is 1. The maximum atomic E-state index is 5.55. The Morgan fingerprint density at radius 1 is 1.42 bits per heavy atom. The SMILES string of the molecule is CCCOc1ccc(/C(C)=N/NC2=NCCN2)cc1. The minimum atomic E-state index is 0.738. The number of benzene rings is 1. The topological polar surface area (TPSA) is 58.0 Å². The van der Waals surface area contributed by atoms with Gasteiger partial charge in [-0.2, -0.15) is 5.10 Å². The van der Waals surface area contributed by atoms with Gasteiger partial charge in [0.1, 0.15) is 5.75 Å². The van der Waals surface area contributed by atoms with Gasteiger partial charge in [-0.1, -0.05) is 6.92 Å². The van der Waals surface area contributed by atoms with Crippen LogP contribution in [0.2, 0.25) is 0 Å². The molecule has 1 aromatic rings. The fourth-order valence-electron chi connectivity index (χ4n) is 1.69. The Bertz CT molecular complexity index is 465. The summed E-state index contributed by atoms with van der Waals surface area (Å²) in [5.41, 5.74) is 4.90. The number of hydrazone groups is 1. The quantitative estimate of drug-likeness (QED) is 0.626. The van der Waals surface area contributed by atoms with Crippen molar-refractivity contribution in [2.24, 2.45) is 10.1 Å². The van der Waals surface area contributed by atoms with Gasteiger partial charge in [0.05, 0.1) is 18.9 Å². The van der Waals surface area contributed by atoms with Gasteiger partial charge in [-0.05, 0) is 43.2 Å². The second-order valence-electron chi connectivity index (χ2n) is 4.34. The smallest absolute Gasteiger partial charge is 0.212 e. The lowest BCUT2D eigenvalue weighted by Gasteiger charge is -2.06. The molecule has 1 heterocycles. The highest BCUT2D eigenvalue weighted by Crippen LogP contribution is 2.13. The zero-order valence-electron chi connectivity index (χ0n) is 11.4. The first-order chi connectivity index (χ1) is 9.29. The minimum absolute atomic E-state index is 0.738. The van der Waals surface area contributed by atoms with E-state index in [1.54, 1.807) is 0 Å². The summed E-state index contributed by atoms with van der Waals surface area (Å²) in [6.45, 7) is 6.49. The van der Waals surface area contributed by atoms with Crippen LogP contribution < -0.4 is 15.5 Å². The molecular weight excluding hydrogens is 240 g/mol. The van der Waals surface area contributed by atoms with E-state index in [0.717, 1.165) is 49.1 Å². The van der Waals surface area contributed by atoms with Crippen molar-refractivity contribution in [2.45, 2.75) is 20.3 Å². The summed E-state index contributed by atoms with van der Waals surface area (Å²) in [7, 11) is 0. The Balaban J connectivity index is 1.94. The summed E-state index contributed by atoms with van der Waals surface area (Å²) >= 11 is 0. The Labute approximate surface area is 113 Å². The lowest BCUT2D eigenvalue weighted by molar-refractivity contribution is 0.317. The summed E-state index contributed by atoms with van der Waals surface area (Å²) < 4.78 is 5.55. The molecule has 0 saturated heterocycles. The highest BCUT2D eigenvalue weighted by Gasteiger charge is 2.03. The largest absolute Gasteiger partial charge is 0.494 e. The Kier molecular flexibility index (Phi) is 4.78. The van der Waals surface area contributed by atoms with Crippen LogP contribution in [0.3, 0.4) is 0 Å². The Hall–Kier alpha value is -2.04. The summed E-state index contributed by atoms with van der Waals surface area (Å²) in [6.07, 6.45) is 1.02. The normalized spacial score (nSPS) is 14.8. The van der Waals surface area contributed by atoms with Gasteiger partial charge in [0, 0.05) is 6.54 Å². The average molecular weight is 260 g/mol. The number of nitrogens with zero attached hydrogens (tertiary/aromatic N) is 2. The van der Waals surface area contributed by atoms with Gasteiger partial charge in [-0.15, -0.1) is 0 Å². The molecule has 1 aromatic carbocycles. The summed E-state index contributed by atoms with van der Waals surface area (Å²) in [5.74, 6) is 1.63. The first-order valence-corrected chi connectivity index (χ1v) is 6.61. The first kappa shape index (κ1) is 13.4. The maximum absolute atomic E-state index is 5.55. The van der Waals surface area contributed by atoms with Crippen molar-refractivity contribution in [1.29, 1.82) is 0 Å². The van der Waals surface area contributed by atoms with Crippen LogP contribution in [0.4, 0.5) is 0 Å². The van der Waals surface area contributed by atoms with Crippen molar-refractivity contribution < 1.29 is 4.74 Å². The molecule has 19 heavy (non-hydrogen) atoms. The van der Waals surface area contributed by atoms with Crippen molar-refractivity contribution in [3.63, 3.8) is 0 Å². The molecule has 0 radical (unpaired) electrons. The molecule has 102 valence electrons. The molecule has 0 aromatic heterocycles. The number of hydrogen-bond acceptors (Lipinski definition) is 5. The fourth-order valence-corrected chi connectivity index (χ4v) is 1.69. The van der Waals surface area contributed by atoms with Crippen LogP contribution in [0.25, 0.3) is 0 Å². The number of hydrogen-bond donors (Lipinski definition) is 2. The van der Waals surface area contributed by atoms with Gasteiger partial charge in [-0.3, -0.25) is 0 Å². The lowest BCUT2D eigenvalue weighted by atomic mass is 10.1. The van der Waals surface area contributed by atoms with E-state index in [1.165, 1.54) is 0 Å². The van der Waals surface area contributed by atoms with Crippen molar-refractivity contribution in [2.75, 3.05) is 19.7 Å². The monoisotopic (exact) mass is 260 g/mol. The zero-order chi connectivity index (χ0) is 13.5. The minimum Gasteiger partial charge on any atom is -0.494 e. The number of rotatable bonds is 5. The summed E-state index contributed by atoms with van der Waals surface area (Å²) in [5, 5.41) is 7.41. The molecule has 0 fully saturated rings.